The van der Waals surface area contributed by atoms with Crippen molar-refractivity contribution < 1.29 is 14.6 Å². The summed E-state index contributed by atoms with van der Waals surface area (Å²) in [5.74, 6) is 0.988. The standard InChI is InChI=1S/C27H34N6O4/c34-25(20-4-5-20)31-10-8-27(36,9-11-31)17-32-18-29-24-23(26(32)35)16-30-33(24)22-3-1-2-21(14-22)28-15-19-6-12-37-13-7-19/h1-3,14,16,18-20,28,36H,4-13,15,17H2. The van der Waals surface area contributed by atoms with Crippen molar-refractivity contribution in [1.29, 1.82) is 0 Å². The highest BCUT2D eigenvalue weighted by atomic mass is 16.5. The van der Waals surface area contributed by atoms with E-state index in [1.807, 2.05) is 29.2 Å². The van der Waals surface area contributed by atoms with Crippen molar-refractivity contribution in [3.8, 4) is 5.69 Å². The second-order valence-corrected chi connectivity index (χ2v) is 10.8. The Morgan fingerprint density at radius 3 is 2.70 bits per heavy atom. The number of piperidine rings is 1. The molecule has 3 fully saturated rings. The second-order valence-electron chi connectivity index (χ2n) is 10.8. The average molecular weight is 507 g/mol. The molecule has 0 bridgehead atoms. The van der Waals surface area contributed by atoms with Crippen LogP contribution in [0.25, 0.3) is 16.7 Å². The number of carbonyl (C=O) groups is 1. The monoisotopic (exact) mass is 506 g/mol. The predicted molar refractivity (Wildman–Crippen MR) is 139 cm³/mol. The van der Waals surface area contributed by atoms with E-state index in [9.17, 15) is 14.7 Å². The van der Waals surface area contributed by atoms with Crippen molar-refractivity contribution in [3.63, 3.8) is 0 Å². The fourth-order valence-corrected chi connectivity index (χ4v) is 5.42. The van der Waals surface area contributed by atoms with Crippen molar-refractivity contribution in [2.75, 3.05) is 38.2 Å². The number of likely N-dealkylation sites (tertiary alicyclic amines) is 1. The SMILES string of the molecule is O=C(C1CC1)N1CCC(O)(Cn2cnc3c(cnn3-c3cccc(NCC4CCOCC4)c3)c2=O)CC1. The van der Waals surface area contributed by atoms with Gasteiger partial charge in [0.25, 0.3) is 5.56 Å². The molecule has 10 heteroatoms. The number of aromatic nitrogens is 4. The van der Waals surface area contributed by atoms with E-state index in [0.29, 0.717) is 42.9 Å². The number of amides is 1. The molecule has 1 aromatic carbocycles. The molecule has 2 aromatic heterocycles. The van der Waals surface area contributed by atoms with Crippen LogP contribution >= 0.6 is 0 Å². The van der Waals surface area contributed by atoms with Gasteiger partial charge in [0.2, 0.25) is 5.91 Å². The highest BCUT2D eigenvalue weighted by Gasteiger charge is 2.39. The van der Waals surface area contributed by atoms with E-state index < -0.39 is 5.60 Å². The molecule has 4 heterocycles. The number of nitrogens with one attached hydrogen (secondary N) is 1. The van der Waals surface area contributed by atoms with Gasteiger partial charge in [0.1, 0.15) is 11.7 Å². The molecule has 0 atom stereocenters. The van der Waals surface area contributed by atoms with E-state index >= 15 is 0 Å². The molecule has 0 radical (unpaired) electrons. The molecule has 1 amide bonds. The Bertz CT molecular complexity index is 1330. The lowest BCUT2D eigenvalue weighted by molar-refractivity contribution is -0.137. The van der Waals surface area contributed by atoms with Crippen LogP contribution < -0.4 is 10.9 Å². The molecule has 2 saturated heterocycles. The Morgan fingerprint density at radius 1 is 1.16 bits per heavy atom. The number of rotatable bonds is 7. The first-order valence-corrected chi connectivity index (χ1v) is 13.4. The molecule has 2 aliphatic heterocycles. The van der Waals surface area contributed by atoms with Gasteiger partial charge in [-0.3, -0.25) is 14.2 Å². The van der Waals surface area contributed by atoms with Crippen molar-refractivity contribution in [2.45, 2.75) is 50.7 Å². The Morgan fingerprint density at radius 2 is 1.95 bits per heavy atom. The van der Waals surface area contributed by atoms with Gasteiger partial charge in [0.15, 0.2) is 5.65 Å². The molecular formula is C27H34N6O4. The zero-order valence-electron chi connectivity index (χ0n) is 21.0. The Balaban J connectivity index is 1.16. The predicted octanol–water partition coefficient (Wildman–Crippen LogP) is 2.18. The molecule has 3 aromatic rings. The normalized spacial score (nSPS) is 20.3. The van der Waals surface area contributed by atoms with Gasteiger partial charge in [-0.05, 0) is 62.6 Å². The van der Waals surface area contributed by atoms with E-state index in [0.717, 1.165) is 56.8 Å². The molecule has 0 unspecified atom stereocenters. The third-order valence-corrected chi connectivity index (χ3v) is 7.98. The van der Waals surface area contributed by atoms with E-state index in [1.165, 1.54) is 10.9 Å². The van der Waals surface area contributed by atoms with Gasteiger partial charge in [0.05, 0.1) is 24.0 Å². The Kier molecular flexibility index (Phi) is 6.46. The lowest BCUT2D eigenvalue weighted by Crippen LogP contribution is -2.50. The number of aliphatic hydroxyl groups is 1. The van der Waals surface area contributed by atoms with Crippen LogP contribution in [0.1, 0.15) is 38.5 Å². The van der Waals surface area contributed by atoms with Crippen molar-refractivity contribution in [2.24, 2.45) is 11.8 Å². The summed E-state index contributed by atoms with van der Waals surface area (Å²) in [4.78, 5) is 32.0. The van der Waals surface area contributed by atoms with Gasteiger partial charge in [-0.25, -0.2) is 9.67 Å². The van der Waals surface area contributed by atoms with E-state index in [4.69, 9.17) is 4.74 Å². The quantitative estimate of drug-likeness (QED) is 0.505. The first-order valence-electron chi connectivity index (χ1n) is 13.4. The highest BCUT2D eigenvalue weighted by Crippen LogP contribution is 2.33. The summed E-state index contributed by atoms with van der Waals surface area (Å²) in [5, 5.41) is 19.6. The number of anilines is 1. The van der Waals surface area contributed by atoms with Crippen LogP contribution in [0.3, 0.4) is 0 Å². The Hall–Kier alpha value is -3.24. The zero-order valence-corrected chi connectivity index (χ0v) is 21.0. The molecular weight excluding hydrogens is 472 g/mol. The fraction of sp³-hybridized carbons (Fsp3) is 0.556. The third kappa shape index (κ3) is 5.13. The zero-order chi connectivity index (χ0) is 25.4. The number of ether oxygens (including phenoxy) is 1. The number of fused-ring (bicyclic) bond motifs is 1. The van der Waals surface area contributed by atoms with Gasteiger partial charge in [-0.2, -0.15) is 5.10 Å². The van der Waals surface area contributed by atoms with E-state index in [2.05, 4.69) is 15.4 Å². The molecule has 3 aliphatic rings. The number of hydrogen-bond donors (Lipinski definition) is 2. The van der Waals surface area contributed by atoms with Crippen LogP contribution in [-0.2, 0) is 16.1 Å². The average Bonchev–Trinajstić information content (AvgIpc) is 3.68. The first-order chi connectivity index (χ1) is 18.0. The maximum Gasteiger partial charge on any atom is 0.264 e. The van der Waals surface area contributed by atoms with Crippen LogP contribution in [0, 0.1) is 11.8 Å². The summed E-state index contributed by atoms with van der Waals surface area (Å²) in [6.45, 7) is 3.73. The lowest BCUT2D eigenvalue weighted by Gasteiger charge is -2.38. The van der Waals surface area contributed by atoms with Gasteiger partial charge < -0.3 is 20.1 Å². The minimum absolute atomic E-state index is 0.150. The molecule has 2 N–H and O–H groups in total. The van der Waals surface area contributed by atoms with E-state index in [1.54, 1.807) is 10.9 Å². The summed E-state index contributed by atoms with van der Waals surface area (Å²) in [7, 11) is 0. The van der Waals surface area contributed by atoms with Gasteiger partial charge >= 0.3 is 0 Å². The molecule has 0 spiro atoms. The molecule has 37 heavy (non-hydrogen) atoms. The van der Waals surface area contributed by atoms with Crippen molar-refractivity contribution in [1.82, 2.24) is 24.2 Å². The van der Waals surface area contributed by atoms with Crippen molar-refractivity contribution in [3.05, 3.63) is 47.1 Å². The summed E-state index contributed by atoms with van der Waals surface area (Å²) in [6, 6.07) is 7.95. The number of nitrogens with zero attached hydrogens (tertiary/aromatic N) is 5. The van der Waals surface area contributed by atoms with Crippen LogP contribution in [0.15, 0.2) is 41.6 Å². The smallest absolute Gasteiger partial charge is 0.264 e. The molecule has 6 rings (SSSR count). The second kappa shape index (κ2) is 9.90. The van der Waals surface area contributed by atoms with Crippen LogP contribution in [0.2, 0.25) is 0 Å². The topological polar surface area (TPSA) is 115 Å². The fourth-order valence-electron chi connectivity index (χ4n) is 5.42. The lowest BCUT2D eigenvalue weighted by atomic mass is 9.91. The van der Waals surface area contributed by atoms with Gasteiger partial charge in [-0.15, -0.1) is 0 Å². The minimum Gasteiger partial charge on any atom is -0.388 e. The number of hydrogen-bond acceptors (Lipinski definition) is 7. The third-order valence-electron chi connectivity index (χ3n) is 7.98. The number of carbonyl (C=O) groups excluding carboxylic acids is 1. The first kappa shape index (κ1) is 24.1. The molecule has 196 valence electrons. The molecule has 1 aliphatic carbocycles. The Labute approximate surface area is 215 Å². The van der Waals surface area contributed by atoms with Crippen molar-refractivity contribution >= 4 is 22.6 Å². The summed E-state index contributed by atoms with van der Waals surface area (Å²) in [5.41, 5.74) is 1.03. The number of benzene rings is 1. The summed E-state index contributed by atoms with van der Waals surface area (Å²) >= 11 is 0. The van der Waals surface area contributed by atoms with Crippen LogP contribution in [-0.4, -0.2) is 73.7 Å². The summed E-state index contributed by atoms with van der Waals surface area (Å²) in [6.07, 6.45) is 8.03. The molecule has 1 saturated carbocycles. The van der Waals surface area contributed by atoms with Crippen LogP contribution in [0.5, 0.6) is 0 Å². The van der Waals surface area contributed by atoms with E-state index in [-0.39, 0.29) is 23.9 Å². The maximum atomic E-state index is 13.3. The minimum atomic E-state index is -1.04. The molecule has 10 nitrogen and oxygen atoms in total. The van der Waals surface area contributed by atoms with Gasteiger partial charge in [0, 0.05) is 44.5 Å². The van der Waals surface area contributed by atoms with Gasteiger partial charge in [-0.1, -0.05) is 6.07 Å². The largest absolute Gasteiger partial charge is 0.388 e. The highest BCUT2D eigenvalue weighted by molar-refractivity contribution is 5.81. The summed E-state index contributed by atoms with van der Waals surface area (Å²) < 4.78 is 8.60. The maximum absolute atomic E-state index is 13.3. The van der Waals surface area contributed by atoms with Crippen LogP contribution in [0.4, 0.5) is 5.69 Å².